The van der Waals surface area contributed by atoms with Crippen LogP contribution in [-0.4, -0.2) is 11.7 Å². The Morgan fingerprint density at radius 2 is 1.84 bits per heavy atom. The lowest BCUT2D eigenvalue weighted by Crippen LogP contribution is -2.06. The fraction of sp³-hybridized carbons (Fsp3) is 0.625. The number of rotatable bonds is 4. The molecule has 0 aromatic heterocycles. The molecule has 1 aliphatic rings. The highest BCUT2D eigenvalue weighted by Gasteiger charge is 2.67. The summed E-state index contributed by atoms with van der Waals surface area (Å²) >= 11 is 3.51. The molecule has 0 aliphatic heterocycles. The molecule has 0 bridgehead atoms. The van der Waals surface area contributed by atoms with Crippen LogP contribution in [0.4, 0.5) is 0 Å². The third kappa shape index (κ3) is 2.31. The standard InChI is InChI=1S/C16H23BrO2/c1-6-19-12-8-7-10(9-11(12)17)13(18)14-15(2,3)16(14,4)5/h7-9,13-14,18H,6H2,1-5H3. The van der Waals surface area contributed by atoms with Crippen LogP contribution in [0, 0.1) is 16.7 Å². The molecule has 1 saturated carbocycles. The zero-order valence-electron chi connectivity index (χ0n) is 12.3. The fourth-order valence-electron chi connectivity index (χ4n) is 3.20. The van der Waals surface area contributed by atoms with Gasteiger partial charge >= 0.3 is 0 Å². The van der Waals surface area contributed by atoms with Gasteiger partial charge < -0.3 is 9.84 Å². The molecule has 0 amide bonds. The van der Waals surface area contributed by atoms with Crippen molar-refractivity contribution in [2.75, 3.05) is 6.61 Å². The topological polar surface area (TPSA) is 29.5 Å². The lowest BCUT2D eigenvalue weighted by Gasteiger charge is -2.15. The van der Waals surface area contributed by atoms with Crippen molar-refractivity contribution in [3.8, 4) is 5.75 Å². The van der Waals surface area contributed by atoms with Gasteiger partial charge in [-0.25, -0.2) is 0 Å². The minimum Gasteiger partial charge on any atom is -0.493 e. The van der Waals surface area contributed by atoms with Crippen LogP contribution in [0.25, 0.3) is 0 Å². The summed E-state index contributed by atoms with van der Waals surface area (Å²) < 4.78 is 6.41. The van der Waals surface area contributed by atoms with Gasteiger partial charge in [-0.2, -0.15) is 0 Å². The minimum atomic E-state index is -0.419. The Morgan fingerprint density at radius 3 is 2.26 bits per heavy atom. The van der Waals surface area contributed by atoms with Gasteiger partial charge in [0.25, 0.3) is 0 Å². The molecule has 0 heterocycles. The van der Waals surface area contributed by atoms with Crippen LogP contribution in [0.2, 0.25) is 0 Å². The van der Waals surface area contributed by atoms with Crippen LogP contribution in [-0.2, 0) is 0 Å². The second-order valence-corrected chi connectivity index (χ2v) is 7.34. The lowest BCUT2D eigenvalue weighted by molar-refractivity contribution is 0.130. The summed E-state index contributed by atoms with van der Waals surface area (Å²) in [6.07, 6.45) is -0.419. The van der Waals surface area contributed by atoms with Crippen molar-refractivity contribution < 1.29 is 9.84 Å². The van der Waals surface area contributed by atoms with E-state index in [1.165, 1.54) is 0 Å². The third-order valence-electron chi connectivity index (χ3n) is 5.05. The molecule has 1 fully saturated rings. The van der Waals surface area contributed by atoms with E-state index in [1.807, 2.05) is 25.1 Å². The first kappa shape index (κ1) is 14.9. The summed E-state index contributed by atoms with van der Waals surface area (Å²) in [5, 5.41) is 10.6. The Hall–Kier alpha value is -0.540. The molecule has 0 radical (unpaired) electrons. The van der Waals surface area contributed by atoms with E-state index in [0.29, 0.717) is 12.5 Å². The lowest BCUT2D eigenvalue weighted by atomic mass is 9.99. The van der Waals surface area contributed by atoms with E-state index >= 15 is 0 Å². The highest BCUT2D eigenvalue weighted by molar-refractivity contribution is 9.10. The fourth-order valence-corrected chi connectivity index (χ4v) is 3.71. The van der Waals surface area contributed by atoms with Gasteiger partial charge in [-0.1, -0.05) is 33.8 Å². The normalized spacial score (nSPS) is 22.1. The van der Waals surface area contributed by atoms with E-state index < -0.39 is 6.10 Å². The van der Waals surface area contributed by atoms with Gasteiger partial charge in [0.15, 0.2) is 0 Å². The molecule has 1 aromatic carbocycles. The molecule has 1 aliphatic carbocycles. The minimum absolute atomic E-state index is 0.178. The van der Waals surface area contributed by atoms with Crippen LogP contribution in [0.5, 0.6) is 5.75 Å². The molecule has 3 heteroatoms. The maximum absolute atomic E-state index is 10.6. The molecular weight excluding hydrogens is 304 g/mol. The summed E-state index contributed by atoms with van der Waals surface area (Å²) in [4.78, 5) is 0. The molecule has 0 saturated heterocycles. The Balaban J connectivity index is 2.22. The Kier molecular flexibility index (Phi) is 3.74. The summed E-state index contributed by atoms with van der Waals surface area (Å²) in [6.45, 7) is 11.5. The second kappa shape index (κ2) is 4.78. The van der Waals surface area contributed by atoms with E-state index in [0.717, 1.165) is 15.8 Å². The Labute approximate surface area is 124 Å². The monoisotopic (exact) mass is 326 g/mol. The van der Waals surface area contributed by atoms with E-state index in [1.54, 1.807) is 0 Å². The Bertz CT molecular complexity index is 466. The van der Waals surface area contributed by atoms with Gasteiger partial charge in [0.1, 0.15) is 5.75 Å². The van der Waals surface area contributed by atoms with E-state index in [2.05, 4.69) is 43.6 Å². The summed E-state index contributed by atoms with van der Waals surface area (Å²) in [7, 11) is 0. The highest BCUT2D eigenvalue weighted by atomic mass is 79.9. The number of aliphatic hydroxyl groups excluding tert-OH is 1. The highest BCUT2D eigenvalue weighted by Crippen LogP contribution is 2.72. The largest absolute Gasteiger partial charge is 0.493 e. The molecule has 1 aromatic rings. The van der Waals surface area contributed by atoms with Crippen LogP contribution >= 0.6 is 15.9 Å². The first-order valence-corrected chi connectivity index (χ1v) is 7.63. The average molecular weight is 327 g/mol. The number of benzene rings is 1. The van der Waals surface area contributed by atoms with Crippen LogP contribution < -0.4 is 4.74 Å². The molecule has 19 heavy (non-hydrogen) atoms. The maximum Gasteiger partial charge on any atom is 0.133 e. The Morgan fingerprint density at radius 1 is 1.26 bits per heavy atom. The van der Waals surface area contributed by atoms with Crippen molar-refractivity contribution >= 4 is 15.9 Å². The van der Waals surface area contributed by atoms with Gasteiger partial charge in [0.2, 0.25) is 0 Å². The van der Waals surface area contributed by atoms with E-state index in [-0.39, 0.29) is 10.8 Å². The quantitative estimate of drug-likeness (QED) is 0.878. The van der Waals surface area contributed by atoms with Crippen molar-refractivity contribution in [2.45, 2.75) is 40.7 Å². The molecule has 2 nitrogen and oxygen atoms in total. The number of hydrogen-bond donors (Lipinski definition) is 1. The van der Waals surface area contributed by atoms with E-state index in [9.17, 15) is 5.11 Å². The average Bonchev–Trinajstić information content (AvgIpc) is 2.72. The van der Waals surface area contributed by atoms with Crippen LogP contribution in [0.1, 0.15) is 46.3 Å². The second-order valence-electron chi connectivity index (χ2n) is 6.49. The molecule has 1 unspecified atom stereocenters. The van der Waals surface area contributed by atoms with E-state index in [4.69, 9.17) is 4.74 Å². The number of halogens is 1. The van der Waals surface area contributed by atoms with Gasteiger partial charge in [-0.15, -0.1) is 0 Å². The summed E-state index contributed by atoms with van der Waals surface area (Å²) in [5.74, 6) is 1.12. The predicted octanol–water partition coefficient (Wildman–Crippen LogP) is 4.56. The van der Waals surface area contributed by atoms with Crippen molar-refractivity contribution in [2.24, 2.45) is 16.7 Å². The van der Waals surface area contributed by atoms with Gasteiger partial charge in [-0.3, -0.25) is 0 Å². The zero-order valence-corrected chi connectivity index (χ0v) is 13.9. The first-order chi connectivity index (χ1) is 8.73. The van der Waals surface area contributed by atoms with Crippen molar-refractivity contribution in [3.63, 3.8) is 0 Å². The molecule has 2 rings (SSSR count). The van der Waals surface area contributed by atoms with Crippen molar-refractivity contribution in [1.29, 1.82) is 0 Å². The molecule has 1 atom stereocenters. The van der Waals surface area contributed by atoms with Crippen LogP contribution in [0.15, 0.2) is 22.7 Å². The van der Waals surface area contributed by atoms with Gasteiger partial charge in [0, 0.05) is 5.92 Å². The van der Waals surface area contributed by atoms with Gasteiger partial charge in [0.05, 0.1) is 17.2 Å². The molecule has 0 spiro atoms. The maximum atomic E-state index is 10.6. The number of ether oxygens (including phenoxy) is 1. The van der Waals surface area contributed by atoms with Gasteiger partial charge in [-0.05, 0) is 51.4 Å². The molecule has 1 N–H and O–H groups in total. The smallest absolute Gasteiger partial charge is 0.133 e. The molecule has 106 valence electrons. The zero-order chi connectivity index (χ0) is 14.4. The van der Waals surface area contributed by atoms with Crippen molar-refractivity contribution in [3.05, 3.63) is 28.2 Å². The van der Waals surface area contributed by atoms with Crippen LogP contribution in [0.3, 0.4) is 0 Å². The number of aliphatic hydroxyl groups is 1. The third-order valence-corrected chi connectivity index (χ3v) is 5.67. The molecular formula is C16H23BrO2. The first-order valence-electron chi connectivity index (χ1n) is 6.83. The van der Waals surface area contributed by atoms with Crippen molar-refractivity contribution in [1.82, 2.24) is 0 Å². The number of hydrogen-bond acceptors (Lipinski definition) is 2. The summed E-state index contributed by atoms with van der Waals surface area (Å²) in [6, 6.07) is 5.86. The summed E-state index contributed by atoms with van der Waals surface area (Å²) in [5.41, 5.74) is 1.31. The SMILES string of the molecule is CCOc1ccc(C(O)C2C(C)(C)C2(C)C)cc1Br. The predicted molar refractivity (Wildman–Crippen MR) is 81.3 cm³/mol.